The molecule has 1 saturated heterocycles. The summed E-state index contributed by atoms with van der Waals surface area (Å²) in [6, 6.07) is 23.2. The average Bonchev–Trinajstić information content (AvgIpc) is 3.63. The third kappa shape index (κ3) is 5.64. The van der Waals surface area contributed by atoms with Crippen LogP contribution in [-0.2, 0) is 28.2 Å². The Bertz CT molecular complexity index is 1670. The Morgan fingerprint density at radius 3 is 2.61 bits per heavy atom. The second kappa shape index (κ2) is 12.3. The minimum atomic E-state index is -3.32. The quantitative estimate of drug-likeness (QED) is 0.113. The summed E-state index contributed by atoms with van der Waals surface area (Å²) >= 11 is 8.78. The molecule has 11 heteroatoms. The number of aromatic nitrogens is 3. The Morgan fingerprint density at radius 1 is 1.14 bits per heavy atom. The minimum absolute atomic E-state index is 0.0963. The van der Waals surface area contributed by atoms with Crippen LogP contribution < -0.4 is 4.90 Å². The zero-order chi connectivity index (χ0) is 31.2. The first kappa shape index (κ1) is 31.3. The number of carbonyl (C=O) groups is 1. The van der Waals surface area contributed by atoms with Crippen molar-refractivity contribution in [2.24, 2.45) is 5.92 Å². The van der Waals surface area contributed by atoms with E-state index >= 15 is 4.11 Å². The fourth-order valence-corrected chi connectivity index (χ4v) is 10.5. The van der Waals surface area contributed by atoms with Gasteiger partial charge in [0, 0.05) is 38.4 Å². The Balaban J connectivity index is 1.30. The van der Waals surface area contributed by atoms with Gasteiger partial charge in [-0.25, -0.2) is 0 Å². The molecule has 0 saturated carbocycles. The van der Waals surface area contributed by atoms with Crippen LogP contribution in [0.4, 0.5) is 9.80 Å². The summed E-state index contributed by atoms with van der Waals surface area (Å²) in [7, 11) is -3.32. The van der Waals surface area contributed by atoms with Gasteiger partial charge in [0.15, 0.2) is 5.60 Å². The fourth-order valence-electron chi connectivity index (χ4n) is 7.16. The molecule has 2 aliphatic heterocycles. The monoisotopic (exact) mass is 744 g/mol. The van der Waals surface area contributed by atoms with Gasteiger partial charge in [-0.2, -0.15) is 0 Å². The standard InChI is InChI=1S/C33H35ClFIN4O3Si/c1-21-31(44(2,3)35)30(14-15-39-19-28(37-38-39)26(20-41)23-9-5-4-6-10-23)43-33(21)27-17-24(34)12-13-29(27)40(32(33)42)18-22-8-7-11-25(36)16-22/h4-13,16-17,19,21,26,30-31,41H,14-15,18,20H2,1-3H3/t21-,26?,30+,31-,33+/m0/s1. The number of rotatable bonds is 9. The molecule has 5 atom stereocenters. The normalized spacial score (nSPS) is 23.8. The van der Waals surface area contributed by atoms with Crippen LogP contribution in [0.25, 0.3) is 0 Å². The molecule has 1 spiro atoms. The molecule has 1 fully saturated rings. The maximum Gasteiger partial charge on any atom is 0.264 e. The number of aryl methyl sites for hydroxylation is 1. The number of benzene rings is 3. The van der Waals surface area contributed by atoms with Crippen molar-refractivity contribution >= 4 is 54.2 Å². The number of nitrogens with zero attached hydrogens (tertiary/aromatic N) is 4. The summed E-state index contributed by atoms with van der Waals surface area (Å²) in [4.78, 5) is 16.3. The highest BCUT2D eigenvalue weighted by molar-refractivity contribution is 14.1. The first-order chi connectivity index (χ1) is 21.0. The molecule has 0 bridgehead atoms. The third-order valence-electron chi connectivity index (χ3n) is 9.09. The highest BCUT2D eigenvalue weighted by atomic mass is 127. The van der Waals surface area contributed by atoms with Gasteiger partial charge in [0.2, 0.25) is 8.41 Å². The van der Waals surface area contributed by atoms with E-state index in [1.807, 2.05) is 73.8 Å². The Labute approximate surface area is 276 Å². The topological polar surface area (TPSA) is 80.5 Å². The van der Waals surface area contributed by atoms with Crippen molar-refractivity contribution in [1.29, 1.82) is 0 Å². The average molecular weight is 745 g/mol. The van der Waals surface area contributed by atoms with E-state index in [1.165, 1.54) is 0 Å². The molecule has 0 aliphatic carbocycles. The first-order valence-electron chi connectivity index (χ1n) is 14.8. The van der Waals surface area contributed by atoms with E-state index in [2.05, 4.69) is 39.0 Å². The molecule has 1 N–H and O–H groups in total. The molecule has 6 rings (SSSR count). The van der Waals surface area contributed by atoms with E-state index in [4.69, 9.17) is 16.3 Å². The molecule has 3 aromatic carbocycles. The molecule has 1 aromatic heterocycles. The lowest BCUT2D eigenvalue weighted by atomic mass is 9.82. The second-order valence-corrected chi connectivity index (χ2v) is 17.8. The Morgan fingerprint density at radius 2 is 1.91 bits per heavy atom. The summed E-state index contributed by atoms with van der Waals surface area (Å²) in [5.74, 6) is -0.881. The van der Waals surface area contributed by atoms with Gasteiger partial charge < -0.3 is 18.9 Å². The molecule has 1 unspecified atom stereocenters. The summed E-state index contributed by atoms with van der Waals surface area (Å²) < 4.78 is 25.9. The largest absolute Gasteiger partial charge is 0.395 e. The molecule has 1 amide bonds. The van der Waals surface area contributed by atoms with Crippen molar-refractivity contribution < 1.29 is 18.7 Å². The van der Waals surface area contributed by atoms with Crippen LogP contribution in [0.1, 0.15) is 41.6 Å². The number of fused-ring (bicyclic) bond motifs is 2. The van der Waals surface area contributed by atoms with E-state index in [-0.39, 0.29) is 18.4 Å². The third-order valence-corrected chi connectivity index (χ3v) is 12.5. The SMILES string of the molecule is C[C@H]1[C@H]([Si](C)(C)F)[C@@H](CCn2cc(C(CO)c3ccccc3)nn2)O[C@]12C(=O)N(Cc1cccc(I)c1)c1ccc(Cl)cc12. The number of halogens is 3. The fraction of sp³-hybridized carbons (Fsp3) is 0.364. The smallest absolute Gasteiger partial charge is 0.264 e. The zero-order valence-electron chi connectivity index (χ0n) is 24.8. The molecule has 44 heavy (non-hydrogen) atoms. The number of anilines is 1. The minimum Gasteiger partial charge on any atom is -0.395 e. The van der Waals surface area contributed by atoms with Crippen LogP contribution in [0.5, 0.6) is 0 Å². The van der Waals surface area contributed by atoms with Gasteiger partial charge in [0.05, 0.1) is 36.6 Å². The molecule has 2 aliphatic rings. The maximum absolute atomic E-state index is 16.2. The van der Waals surface area contributed by atoms with E-state index in [1.54, 1.807) is 28.7 Å². The molecule has 3 heterocycles. The number of carbonyl (C=O) groups excluding carboxylic acids is 1. The lowest BCUT2D eigenvalue weighted by molar-refractivity contribution is -0.146. The summed E-state index contributed by atoms with van der Waals surface area (Å²) in [6.07, 6.45) is 1.77. The summed E-state index contributed by atoms with van der Waals surface area (Å²) in [6.45, 7) is 6.06. The van der Waals surface area contributed by atoms with Crippen LogP contribution in [0.15, 0.2) is 79.0 Å². The number of hydrogen-bond donors (Lipinski definition) is 1. The van der Waals surface area contributed by atoms with Crippen LogP contribution >= 0.6 is 34.2 Å². The first-order valence-corrected chi connectivity index (χ1v) is 19.2. The number of ether oxygens (including phenoxy) is 1. The predicted molar refractivity (Wildman–Crippen MR) is 180 cm³/mol. The molecule has 230 valence electrons. The van der Waals surface area contributed by atoms with Crippen LogP contribution in [-0.4, -0.2) is 47.1 Å². The van der Waals surface area contributed by atoms with Gasteiger partial charge in [0.1, 0.15) is 0 Å². The zero-order valence-corrected chi connectivity index (χ0v) is 28.7. The van der Waals surface area contributed by atoms with Gasteiger partial charge in [-0.1, -0.05) is 66.2 Å². The number of aliphatic hydroxyl groups excluding tert-OH is 1. The van der Waals surface area contributed by atoms with E-state index in [0.717, 1.165) is 20.4 Å². The van der Waals surface area contributed by atoms with Gasteiger partial charge in [-0.15, -0.1) is 5.10 Å². The highest BCUT2D eigenvalue weighted by Gasteiger charge is 2.66. The van der Waals surface area contributed by atoms with Crippen LogP contribution in [0.2, 0.25) is 23.7 Å². The number of aliphatic hydroxyl groups is 1. The van der Waals surface area contributed by atoms with Crippen molar-refractivity contribution in [2.45, 2.75) is 62.7 Å². The molecule has 7 nitrogen and oxygen atoms in total. The summed E-state index contributed by atoms with van der Waals surface area (Å²) in [5, 5.41) is 19.3. The van der Waals surface area contributed by atoms with Crippen molar-refractivity contribution in [2.75, 3.05) is 11.5 Å². The van der Waals surface area contributed by atoms with Gasteiger partial charge in [0.25, 0.3) is 5.91 Å². The maximum atomic E-state index is 16.2. The molecule has 0 radical (unpaired) electrons. The van der Waals surface area contributed by atoms with E-state index in [0.29, 0.717) is 35.8 Å². The van der Waals surface area contributed by atoms with E-state index < -0.39 is 31.6 Å². The predicted octanol–water partition coefficient (Wildman–Crippen LogP) is 7.07. The molecule has 4 aromatic rings. The lowest BCUT2D eigenvalue weighted by Crippen LogP contribution is -2.45. The van der Waals surface area contributed by atoms with Crippen LogP contribution in [0, 0.1) is 9.49 Å². The van der Waals surface area contributed by atoms with Crippen LogP contribution in [0.3, 0.4) is 0 Å². The lowest BCUT2D eigenvalue weighted by Gasteiger charge is -2.31. The van der Waals surface area contributed by atoms with Gasteiger partial charge in [-0.05, 0) is 83.6 Å². The van der Waals surface area contributed by atoms with Crippen molar-refractivity contribution in [1.82, 2.24) is 15.0 Å². The molecular formula is C33H35ClFIN4O3Si. The van der Waals surface area contributed by atoms with E-state index in [9.17, 15) is 9.90 Å². The Hall–Kier alpha value is -2.64. The molecular weight excluding hydrogens is 710 g/mol. The van der Waals surface area contributed by atoms with Gasteiger partial charge >= 0.3 is 0 Å². The van der Waals surface area contributed by atoms with Crippen molar-refractivity contribution in [3.8, 4) is 0 Å². The van der Waals surface area contributed by atoms with Crippen molar-refractivity contribution in [3.63, 3.8) is 0 Å². The second-order valence-electron chi connectivity index (χ2n) is 12.3. The number of amides is 1. The van der Waals surface area contributed by atoms with Crippen molar-refractivity contribution in [3.05, 3.63) is 110 Å². The van der Waals surface area contributed by atoms with Gasteiger partial charge in [-0.3, -0.25) is 9.48 Å². The number of hydrogen-bond acceptors (Lipinski definition) is 5. The summed E-state index contributed by atoms with van der Waals surface area (Å²) in [5.41, 5.74) is 2.29. The highest BCUT2D eigenvalue weighted by Crippen LogP contribution is 2.60. The Kier molecular flexibility index (Phi) is 8.75.